The summed E-state index contributed by atoms with van der Waals surface area (Å²) >= 11 is 7.68. The van der Waals surface area contributed by atoms with Gasteiger partial charge >= 0.3 is 0 Å². The van der Waals surface area contributed by atoms with Crippen LogP contribution in [0.25, 0.3) is 16.9 Å². The second kappa shape index (κ2) is 4.40. The molecule has 0 aromatic carbocycles. The average molecular weight is 281 g/mol. The molecule has 3 aromatic rings. The van der Waals surface area contributed by atoms with Crippen LogP contribution < -0.4 is 0 Å². The molecular formula is C12H13ClN4S. The van der Waals surface area contributed by atoms with E-state index in [-0.39, 0.29) is 0 Å². The molecule has 0 aliphatic carbocycles. The molecular weight excluding hydrogens is 268 g/mol. The average Bonchev–Trinajstić information content (AvgIpc) is 3.05. The number of imidazole rings is 1. The van der Waals surface area contributed by atoms with Gasteiger partial charge in [0.25, 0.3) is 0 Å². The van der Waals surface area contributed by atoms with Crippen molar-refractivity contribution in [2.45, 2.75) is 19.2 Å². The summed E-state index contributed by atoms with van der Waals surface area (Å²) in [6.07, 6.45) is 0.875. The van der Waals surface area contributed by atoms with Gasteiger partial charge in [0.05, 0.1) is 17.3 Å². The molecule has 3 aromatic heterocycles. The first-order chi connectivity index (χ1) is 8.76. The van der Waals surface area contributed by atoms with Crippen LogP contribution in [-0.2, 0) is 19.3 Å². The Bertz CT molecular complexity index is 681. The summed E-state index contributed by atoms with van der Waals surface area (Å²) in [5, 5.41) is 8.65. The number of thiophene rings is 1. The second-order valence-corrected chi connectivity index (χ2v) is 5.12. The minimum absolute atomic E-state index is 0.397. The minimum atomic E-state index is 0.397. The quantitative estimate of drug-likeness (QED) is 0.691. The van der Waals surface area contributed by atoms with Gasteiger partial charge in [-0.3, -0.25) is 4.57 Å². The third kappa shape index (κ3) is 1.58. The smallest absolute Gasteiger partial charge is 0.163 e. The molecule has 0 aliphatic rings. The van der Waals surface area contributed by atoms with Crippen molar-refractivity contribution in [3.8, 4) is 5.69 Å². The second-order valence-electron chi connectivity index (χ2n) is 4.07. The van der Waals surface area contributed by atoms with Crippen molar-refractivity contribution in [3.05, 3.63) is 28.3 Å². The van der Waals surface area contributed by atoms with Crippen LogP contribution in [-0.4, -0.2) is 19.3 Å². The van der Waals surface area contributed by atoms with Gasteiger partial charge in [0.1, 0.15) is 11.3 Å². The lowest BCUT2D eigenvalue weighted by atomic mass is 10.3. The van der Waals surface area contributed by atoms with Crippen LogP contribution in [0.2, 0.25) is 0 Å². The SMILES string of the molecule is CCc1nn(C)c2c1nc(CCl)n2-c1ccsc1. The standard InChI is InChI=1S/C12H13ClN4S/c1-3-9-11-12(16(2)15-9)17(10(6-13)14-11)8-4-5-18-7-8/h4-5,7H,3,6H2,1-2H3. The van der Waals surface area contributed by atoms with E-state index in [4.69, 9.17) is 11.6 Å². The normalized spacial score (nSPS) is 11.5. The summed E-state index contributed by atoms with van der Waals surface area (Å²) in [4.78, 5) is 4.63. The van der Waals surface area contributed by atoms with Crippen molar-refractivity contribution in [2.75, 3.05) is 0 Å². The Kier molecular flexibility index (Phi) is 2.87. The first-order valence-corrected chi connectivity index (χ1v) is 7.25. The van der Waals surface area contributed by atoms with Gasteiger partial charge in [0.15, 0.2) is 5.65 Å². The van der Waals surface area contributed by atoms with Gasteiger partial charge in [-0.25, -0.2) is 9.67 Å². The molecule has 3 heterocycles. The van der Waals surface area contributed by atoms with E-state index in [1.807, 2.05) is 11.7 Å². The number of alkyl halides is 1. The van der Waals surface area contributed by atoms with Crippen LogP contribution in [0.5, 0.6) is 0 Å². The topological polar surface area (TPSA) is 35.6 Å². The molecule has 0 spiro atoms. The molecule has 0 bridgehead atoms. The lowest BCUT2D eigenvalue weighted by Gasteiger charge is -2.05. The summed E-state index contributed by atoms with van der Waals surface area (Å²) in [5.74, 6) is 1.26. The van der Waals surface area contributed by atoms with E-state index >= 15 is 0 Å². The molecule has 0 radical (unpaired) electrons. The Hall–Kier alpha value is -1.33. The van der Waals surface area contributed by atoms with Crippen LogP contribution in [0, 0.1) is 0 Å². The number of nitrogens with zero attached hydrogens (tertiary/aromatic N) is 4. The monoisotopic (exact) mass is 280 g/mol. The molecule has 0 atom stereocenters. The molecule has 94 valence electrons. The highest BCUT2D eigenvalue weighted by Gasteiger charge is 2.19. The number of aromatic nitrogens is 4. The van der Waals surface area contributed by atoms with Gasteiger partial charge in [-0.05, 0) is 17.9 Å². The van der Waals surface area contributed by atoms with Crippen LogP contribution in [0.1, 0.15) is 18.4 Å². The number of halogens is 1. The molecule has 0 aliphatic heterocycles. The number of rotatable bonds is 3. The van der Waals surface area contributed by atoms with Gasteiger partial charge in [-0.15, -0.1) is 11.6 Å². The van der Waals surface area contributed by atoms with E-state index in [1.165, 1.54) is 0 Å². The van der Waals surface area contributed by atoms with Crippen molar-refractivity contribution in [2.24, 2.45) is 7.05 Å². The van der Waals surface area contributed by atoms with Crippen LogP contribution in [0.4, 0.5) is 0 Å². The number of hydrogen-bond acceptors (Lipinski definition) is 3. The van der Waals surface area contributed by atoms with Gasteiger partial charge in [-0.2, -0.15) is 16.4 Å². The van der Waals surface area contributed by atoms with Crippen molar-refractivity contribution < 1.29 is 0 Å². The van der Waals surface area contributed by atoms with E-state index < -0.39 is 0 Å². The fraction of sp³-hybridized carbons (Fsp3) is 0.333. The largest absolute Gasteiger partial charge is 0.279 e. The van der Waals surface area contributed by atoms with E-state index in [2.05, 4.69) is 38.4 Å². The van der Waals surface area contributed by atoms with Crippen molar-refractivity contribution in [1.82, 2.24) is 19.3 Å². The van der Waals surface area contributed by atoms with Crippen LogP contribution in [0.15, 0.2) is 16.8 Å². The predicted molar refractivity (Wildman–Crippen MR) is 74.6 cm³/mol. The maximum atomic E-state index is 6.02. The lowest BCUT2D eigenvalue weighted by molar-refractivity contribution is 0.745. The summed E-state index contributed by atoms with van der Waals surface area (Å²) in [6.45, 7) is 2.09. The third-order valence-electron chi connectivity index (χ3n) is 2.99. The van der Waals surface area contributed by atoms with Gasteiger partial charge in [0.2, 0.25) is 0 Å². The van der Waals surface area contributed by atoms with Crippen LogP contribution in [0.3, 0.4) is 0 Å². The Morgan fingerprint density at radius 2 is 2.28 bits per heavy atom. The van der Waals surface area contributed by atoms with Crippen LogP contribution >= 0.6 is 22.9 Å². The van der Waals surface area contributed by atoms with Crippen molar-refractivity contribution in [3.63, 3.8) is 0 Å². The maximum Gasteiger partial charge on any atom is 0.163 e. The van der Waals surface area contributed by atoms with E-state index in [0.717, 1.165) is 34.8 Å². The van der Waals surface area contributed by atoms with E-state index in [9.17, 15) is 0 Å². The Morgan fingerprint density at radius 3 is 2.89 bits per heavy atom. The predicted octanol–water partition coefficient (Wildman–Crippen LogP) is 3.12. The minimum Gasteiger partial charge on any atom is -0.279 e. The molecule has 0 unspecified atom stereocenters. The highest BCUT2D eigenvalue weighted by molar-refractivity contribution is 7.08. The lowest BCUT2D eigenvalue weighted by Crippen LogP contribution is -2.03. The molecule has 0 saturated carbocycles. The molecule has 0 saturated heterocycles. The Balaban J connectivity index is 2.38. The molecule has 0 amide bonds. The van der Waals surface area contributed by atoms with E-state index in [1.54, 1.807) is 11.3 Å². The van der Waals surface area contributed by atoms with Gasteiger partial charge in [-0.1, -0.05) is 6.92 Å². The molecule has 6 heteroatoms. The molecule has 0 N–H and O–H groups in total. The fourth-order valence-corrected chi connectivity index (χ4v) is 3.01. The third-order valence-corrected chi connectivity index (χ3v) is 3.90. The zero-order valence-electron chi connectivity index (χ0n) is 10.2. The fourth-order valence-electron chi connectivity index (χ4n) is 2.21. The summed E-state index contributed by atoms with van der Waals surface area (Å²) in [7, 11) is 1.95. The highest BCUT2D eigenvalue weighted by atomic mass is 35.5. The summed E-state index contributed by atoms with van der Waals surface area (Å²) in [5.41, 5.74) is 4.10. The van der Waals surface area contributed by atoms with E-state index in [0.29, 0.717) is 5.88 Å². The van der Waals surface area contributed by atoms with Crippen molar-refractivity contribution in [1.29, 1.82) is 0 Å². The Labute approximate surface area is 114 Å². The Morgan fingerprint density at radius 1 is 1.44 bits per heavy atom. The maximum absolute atomic E-state index is 6.02. The summed E-state index contributed by atoms with van der Waals surface area (Å²) < 4.78 is 3.97. The zero-order valence-corrected chi connectivity index (χ0v) is 11.8. The van der Waals surface area contributed by atoms with Crippen molar-refractivity contribution >= 4 is 34.1 Å². The molecule has 18 heavy (non-hydrogen) atoms. The number of aryl methyl sites for hydroxylation is 2. The molecule has 3 rings (SSSR count). The highest BCUT2D eigenvalue weighted by Crippen LogP contribution is 2.26. The molecule has 0 fully saturated rings. The van der Waals surface area contributed by atoms with Gasteiger partial charge in [0, 0.05) is 12.4 Å². The first-order valence-electron chi connectivity index (χ1n) is 5.78. The number of hydrogen-bond donors (Lipinski definition) is 0. The number of fused-ring (bicyclic) bond motifs is 1. The molecule has 4 nitrogen and oxygen atoms in total. The summed E-state index contributed by atoms with van der Waals surface area (Å²) in [6, 6.07) is 2.07. The first kappa shape index (κ1) is 11.7. The van der Waals surface area contributed by atoms with Gasteiger partial charge < -0.3 is 0 Å². The zero-order chi connectivity index (χ0) is 12.7.